The first-order chi connectivity index (χ1) is 10.8. The predicted molar refractivity (Wildman–Crippen MR) is 84.8 cm³/mol. The van der Waals surface area contributed by atoms with Crippen molar-refractivity contribution in [3.8, 4) is 0 Å². The second-order valence-corrected chi connectivity index (χ2v) is 5.93. The molecule has 3 rings (SSSR count). The van der Waals surface area contributed by atoms with Gasteiger partial charge in [-0.05, 0) is 24.5 Å². The summed E-state index contributed by atoms with van der Waals surface area (Å²) in [5.41, 5.74) is 1.18. The highest BCUT2D eigenvalue weighted by Gasteiger charge is 2.25. The van der Waals surface area contributed by atoms with Gasteiger partial charge < -0.3 is 15.0 Å². The van der Waals surface area contributed by atoms with E-state index in [9.17, 15) is 4.79 Å². The van der Waals surface area contributed by atoms with Crippen molar-refractivity contribution < 1.29 is 9.53 Å². The quantitative estimate of drug-likeness (QED) is 0.884. The first-order valence-corrected chi connectivity index (χ1v) is 8.01. The Morgan fingerprint density at radius 3 is 2.86 bits per heavy atom. The van der Waals surface area contributed by atoms with Crippen molar-refractivity contribution in [2.75, 3.05) is 44.7 Å². The molecule has 0 aromatic carbocycles. The van der Waals surface area contributed by atoms with Crippen LogP contribution in [0.5, 0.6) is 0 Å². The summed E-state index contributed by atoms with van der Waals surface area (Å²) in [5.74, 6) is 1.03. The molecule has 1 N–H and O–H groups in total. The molecule has 1 aromatic rings. The monoisotopic (exact) mass is 304 g/mol. The molecular formula is C16H24N4O2. The van der Waals surface area contributed by atoms with E-state index in [-0.39, 0.29) is 12.0 Å². The van der Waals surface area contributed by atoms with Crippen LogP contribution in [0.4, 0.5) is 5.82 Å². The van der Waals surface area contributed by atoms with Crippen LogP contribution in [0.1, 0.15) is 18.4 Å². The third-order valence-electron chi connectivity index (χ3n) is 4.33. The molecule has 2 fully saturated rings. The highest BCUT2D eigenvalue weighted by Crippen LogP contribution is 2.18. The van der Waals surface area contributed by atoms with E-state index < -0.39 is 0 Å². The molecule has 1 unspecified atom stereocenters. The number of morpholine rings is 1. The summed E-state index contributed by atoms with van der Waals surface area (Å²) in [5, 5.41) is 2.65. The second kappa shape index (κ2) is 7.07. The van der Waals surface area contributed by atoms with Gasteiger partial charge in [-0.1, -0.05) is 6.07 Å². The summed E-state index contributed by atoms with van der Waals surface area (Å²) in [6.07, 6.45) is 4.12. The number of anilines is 1. The number of carbonyl (C=O) groups excluding carboxylic acids is 1. The lowest BCUT2D eigenvalue weighted by atomic mass is 10.2. The lowest BCUT2D eigenvalue weighted by molar-refractivity contribution is -0.138. The van der Waals surface area contributed by atoms with Crippen LogP contribution in [0.3, 0.4) is 0 Å². The number of likely N-dealkylation sites (N-methyl/N-ethyl adjacent to an activating group) is 1. The normalized spacial score (nSPS) is 22.8. The Kier molecular flexibility index (Phi) is 4.90. The summed E-state index contributed by atoms with van der Waals surface area (Å²) >= 11 is 0. The van der Waals surface area contributed by atoms with Gasteiger partial charge in [-0.15, -0.1) is 0 Å². The molecule has 0 saturated carbocycles. The standard InChI is InChI=1S/C16H24N4O2/c1-17-16(21)14-12-19(8-9-22-14)11-13-4-5-15(18-10-13)20-6-2-3-7-20/h4-5,10,14H,2-3,6-9,11-12H2,1H3,(H,17,21). The summed E-state index contributed by atoms with van der Waals surface area (Å²) in [7, 11) is 1.64. The van der Waals surface area contributed by atoms with Crippen molar-refractivity contribution in [2.24, 2.45) is 0 Å². The fourth-order valence-electron chi connectivity index (χ4n) is 3.07. The molecule has 3 heterocycles. The molecule has 0 radical (unpaired) electrons. The zero-order chi connectivity index (χ0) is 15.4. The Labute approximate surface area is 131 Å². The van der Waals surface area contributed by atoms with Gasteiger partial charge in [0.25, 0.3) is 0 Å². The minimum atomic E-state index is -0.365. The van der Waals surface area contributed by atoms with Gasteiger partial charge in [0.1, 0.15) is 11.9 Å². The fourth-order valence-corrected chi connectivity index (χ4v) is 3.07. The minimum Gasteiger partial charge on any atom is -0.366 e. The largest absolute Gasteiger partial charge is 0.366 e. The SMILES string of the molecule is CNC(=O)C1CN(Cc2ccc(N3CCCC3)nc2)CCO1. The molecule has 1 aromatic heterocycles. The van der Waals surface area contributed by atoms with Crippen molar-refractivity contribution >= 4 is 11.7 Å². The van der Waals surface area contributed by atoms with Crippen molar-refractivity contribution in [3.05, 3.63) is 23.9 Å². The molecule has 0 spiro atoms. The summed E-state index contributed by atoms with van der Waals surface area (Å²) < 4.78 is 5.51. The van der Waals surface area contributed by atoms with Gasteiger partial charge in [0.05, 0.1) is 6.61 Å². The number of pyridine rings is 1. The summed E-state index contributed by atoms with van der Waals surface area (Å²) in [6.45, 7) is 5.11. The number of hydrogen-bond acceptors (Lipinski definition) is 5. The highest BCUT2D eigenvalue weighted by molar-refractivity contribution is 5.80. The van der Waals surface area contributed by atoms with E-state index in [0.29, 0.717) is 13.2 Å². The minimum absolute atomic E-state index is 0.0489. The van der Waals surface area contributed by atoms with E-state index >= 15 is 0 Å². The summed E-state index contributed by atoms with van der Waals surface area (Å²) in [6, 6.07) is 4.25. The van der Waals surface area contributed by atoms with Gasteiger partial charge in [0.15, 0.2) is 0 Å². The predicted octanol–water partition coefficient (Wildman–Crippen LogP) is 0.629. The van der Waals surface area contributed by atoms with Crippen LogP contribution in [-0.2, 0) is 16.1 Å². The Hall–Kier alpha value is -1.66. The smallest absolute Gasteiger partial charge is 0.250 e. The molecule has 0 bridgehead atoms. The van der Waals surface area contributed by atoms with Crippen LogP contribution in [0.25, 0.3) is 0 Å². The highest BCUT2D eigenvalue weighted by atomic mass is 16.5. The van der Waals surface area contributed by atoms with Crippen molar-refractivity contribution in [1.82, 2.24) is 15.2 Å². The molecular weight excluding hydrogens is 280 g/mol. The molecule has 2 aliphatic heterocycles. The van der Waals surface area contributed by atoms with Crippen LogP contribution >= 0.6 is 0 Å². The number of carbonyl (C=O) groups is 1. The van der Waals surface area contributed by atoms with E-state index in [0.717, 1.165) is 32.0 Å². The molecule has 0 aliphatic carbocycles. The van der Waals surface area contributed by atoms with Gasteiger partial charge in [-0.2, -0.15) is 0 Å². The van der Waals surface area contributed by atoms with Crippen LogP contribution in [0.2, 0.25) is 0 Å². The van der Waals surface area contributed by atoms with Crippen LogP contribution in [0, 0.1) is 0 Å². The number of rotatable bonds is 4. The average molecular weight is 304 g/mol. The maximum absolute atomic E-state index is 11.7. The van der Waals surface area contributed by atoms with E-state index in [4.69, 9.17) is 4.74 Å². The lowest BCUT2D eigenvalue weighted by Gasteiger charge is -2.31. The van der Waals surface area contributed by atoms with Gasteiger partial charge in [0, 0.05) is 46.0 Å². The number of aromatic nitrogens is 1. The fraction of sp³-hybridized carbons (Fsp3) is 0.625. The molecule has 2 saturated heterocycles. The Balaban J connectivity index is 1.57. The Bertz CT molecular complexity index is 499. The van der Waals surface area contributed by atoms with E-state index in [2.05, 4.69) is 32.2 Å². The first kappa shape index (κ1) is 15.2. The Morgan fingerprint density at radius 2 is 2.18 bits per heavy atom. The maximum Gasteiger partial charge on any atom is 0.250 e. The van der Waals surface area contributed by atoms with Crippen LogP contribution < -0.4 is 10.2 Å². The zero-order valence-corrected chi connectivity index (χ0v) is 13.1. The van der Waals surface area contributed by atoms with Crippen LogP contribution in [-0.4, -0.2) is 61.7 Å². The van der Waals surface area contributed by atoms with Gasteiger partial charge in [-0.25, -0.2) is 4.98 Å². The van der Waals surface area contributed by atoms with Crippen molar-refractivity contribution in [2.45, 2.75) is 25.5 Å². The zero-order valence-electron chi connectivity index (χ0n) is 13.1. The summed E-state index contributed by atoms with van der Waals surface area (Å²) in [4.78, 5) is 20.8. The molecule has 120 valence electrons. The lowest BCUT2D eigenvalue weighted by Crippen LogP contribution is -2.48. The average Bonchev–Trinajstić information content (AvgIpc) is 3.09. The first-order valence-electron chi connectivity index (χ1n) is 8.01. The van der Waals surface area contributed by atoms with Crippen molar-refractivity contribution in [1.29, 1.82) is 0 Å². The molecule has 6 heteroatoms. The third-order valence-corrected chi connectivity index (χ3v) is 4.33. The number of hydrogen-bond donors (Lipinski definition) is 1. The number of nitrogens with one attached hydrogen (secondary N) is 1. The maximum atomic E-state index is 11.7. The van der Waals surface area contributed by atoms with Crippen molar-refractivity contribution in [3.63, 3.8) is 0 Å². The van der Waals surface area contributed by atoms with E-state index in [1.54, 1.807) is 7.05 Å². The number of amides is 1. The molecule has 1 amide bonds. The molecule has 6 nitrogen and oxygen atoms in total. The molecule has 2 aliphatic rings. The number of ether oxygens (including phenoxy) is 1. The van der Waals surface area contributed by atoms with E-state index in [1.807, 2.05) is 6.20 Å². The third kappa shape index (κ3) is 3.56. The topological polar surface area (TPSA) is 57.7 Å². The second-order valence-electron chi connectivity index (χ2n) is 5.93. The molecule has 1 atom stereocenters. The van der Waals surface area contributed by atoms with E-state index in [1.165, 1.54) is 18.4 Å². The van der Waals surface area contributed by atoms with Crippen LogP contribution in [0.15, 0.2) is 18.3 Å². The van der Waals surface area contributed by atoms with Gasteiger partial charge in [0.2, 0.25) is 5.91 Å². The van der Waals surface area contributed by atoms with Gasteiger partial charge in [-0.3, -0.25) is 9.69 Å². The Morgan fingerprint density at radius 1 is 1.36 bits per heavy atom. The molecule has 22 heavy (non-hydrogen) atoms. The van der Waals surface area contributed by atoms with Gasteiger partial charge >= 0.3 is 0 Å². The number of nitrogens with zero attached hydrogens (tertiary/aromatic N) is 3.